The number of amides is 1. The lowest BCUT2D eigenvalue weighted by Crippen LogP contribution is -2.53. The maximum absolute atomic E-state index is 13.8. The highest BCUT2D eigenvalue weighted by Crippen LogP contribution is 2.55. The Balaban J connectivity index is 1.42. The molecule has 13 heteroatoms. The summed E-state index contributed by atoms with van der Waals surface area (Å²) in [7, 11) is -7.90. The second kappa shape index (κ2) is 8.05. The van der Waals surface area contributed by atoms with E-state index in [1.54, 1.807) is 16.2 Å². The molecule has 0 spiro atoms. The van der Waals surface area contributed by atoms with Gasteiger partial charge in [0.2, 0.25) is 10.0 Å². The van der Waals surface area contributed by atoms with Crippen molar-refractivity contribution in [1.82, 2.24) is 4.90 Å². The Morgan fingerprint density at radius 3 is 2.75 bits per heavy atom. The van der Waals surface area contributed by atoms with Crippen molar-refractivity contribution >= 4 is 54.5 Å². The molecule has 190 valence electrons. The van der Waals surface area contributed by atoms with Gasteiger partial charge in [0.15, 0.2) is 5.84 Å². The molecular weight excluding hydrogens is 524 g/mol. The summed E-state index contributed by atoms with van der Waals surface area (Å²) < 4.78 is 55.5. The van der Waals surface area contributed by atoms with E-state index in [-0.39, 0.29) is 51.3 Å². The zero-order chi connectivity index (χ0) is 25.4. The van der Waals surface area contributed by atoms with Crippen LogP contribution < -0.4 is 10.0 Å². The molecule has 6 rings (SSSR count). The number of carbonyl (C=O) groups excluding carboxylic acids is 1. The van der Waals surface area contributed by atoms with Gasteiger partial charge in [0.1, 0.15) is 16.2 Å². The maximum Gasteiger partial charge on any atom is 0.286 e. The first-order valence-corrected chi connectivity index (χ1v) is 15.7. The Morgan fingerprint density at radius 1 is 1.25 bits per heavy atom. The number of rotatable bonds is 5. The van der Waals surface area contributed by atoms with Gasteiger partial charge in [0.05, 0.1) is 18.5 Å². The van der Waals surface area contributed by atoms with Crippen molar-refractivity contribution in [2.24, 2.45) is 22.2 Å². The molecule has 4 aliphatic rings. The van der Waals surface area contributed by atoms with Crippen molar-refractivity contribution in [2.45, 2.75) is 36.7 Å². The Morgan fingerprint density at radius 2 is 2.03 bits per heavy atom. The number of carbonyl (C=O) groups is 1. The largest absolute Gasteiger partial charge is 0.511 e. The van der Waals surface area contributed by atoms with Gasteiger partial charge >= 0.3 is 0 Å². The summed E-state index contributed by atoms with van der Waals surface area (Å²) in [4.78, 5) is 16.4. The van der Waals surface area contributed by atoms with Crippen LogP contribution in [0.2, 0.25) is 0 Å². The summed E-state index contributed by atoms with van der Waals surface area (Å²) >= 11 is 1.54. The number of anilines is 2. The van der Waals surface area contributed by atoms with Crippen LogP contribution in [0.1, 0.15) is 24.1 Å². The van der Waals surface area contributed by atoms with Crippen LogP contribution in [0.15, 0.2) is 56.3 Å². The van der Waals surface area contributed by atoms with Crippen molar-refractivity contribution in [2.75, 3.05) is 16.3 Å². The van der Waals surface area contributed by atoms with E-state index in [4.69, 9.17) is 0 Å². The minimum atomic E-state index is -4.29. The van der Waals surface area contributed by atoms with Crippen LogP contribution in [0, 0.1) is 17.8 Å². The van der Waals surface area contributed by atoms with Crippen molar-refractivity contribution < 1.29 is 26.7 Å². The topological polar surface area (TPSA) is 145 Å². The van der Waals surface area contributed by atoms with Gasteiger partial charge in [0, 0.05) is 22.5 Å². The molecule has 4 atom stereocenters. The molecule has 10 nitrogen and oxygen atoms in total. The fourth-order valence-electron chi connectivity index (χ4n) is 6.16. The third kappa shape index (κ3) is 3.80. The van der Waals surface area contributed by atoms with E-state index in [9.17, 15) is 26.7 Å². The highest BCUT2D eigenvalue weighted by atomic mass is 32.2. The molecule has 1 aromatic carbocycles. The molecule has 0 radical (unpaired) electrons. The van der Waals surface area contributed by atoms with Crippen LogP contribution >= 0.6 is 11.3 Å². The van der Waals surface area contributed by atoms with Crippen LogP contribution in [0.5, 0.6) is 0 Å². The number of aliphatic hydroxyl groups is 1. The number of benzene rings is 1. The Kier molecular flexibility index (Phi) is 5.25. The van der Waals surface area contributed by atoms with E-state index in [0.29, 0.717) is 12.5 Å². The molecule has 0 saturated heterocycles. The van der Waals surface area contributed by atoms with Gasteiger partial charge < -0.3 is 15.3 Å². The number of hydrogen-bond acceptors (Lipinski definition) is 8. The van der Waals surface area contributed by atoms with E-state index in [1.165, 1.54) is 18.2 Å². The quantitative estimate of drug-likeness (QED) is 0.521. The smallest absolute Gasteiger partial charge is 0.286 e. The number of aliphatic hydroxyl groups excluding tert-OH is 1. The van der Waals surface area contributed by atoms with Gasteiger partial charge in [0.25, 0.3) is 15.9 Å². The third-order valence-corrected chi connectivity index (χ3v) is 10.2. The number of fused-ring (bicyclic) bond motifs is 6. The van der Waals surface area contributed by atoms with Gasteiger partial charge in [-0.05, 0) is 60.7 Å². The molecule has 2 fully saturated rings. The Bertz CT molecular complexity index is 1550. The van der Waals surface area contributed by atoms with Crippen LogP contribution in [-0.2, 0) is 31.4 Å². The monoisotopic (exact) mass is 548 g/mol. The van der Waals surface area contributed by atoms with E-state index in [2.05, 4.69) is 14.4 Å². The molecule has 1 amide bonds. The van der Waals surface area contributed by atoms with Gasteiger partial charge in [-0.2, -0.15) is 8.42 Å². The predicted octanol–water partition coefficient (Wildman–Crippen LogP) is 2.90. The summed E-state index contributed by atoms with van der Waals surface area (Å²) in [6.07, 6.45) is 3.86. The van der Waals surface area contributed by atoms with Crippen LogP contribution in [-0.4, -0.2) is 50.9 Å². The average Bonchev–Trinajstić information content (AvgIpc) is 3.54. The average molecular weight is 549 g/mol. The first-order chi connectivity index (χ1) is 17.0. The summed E-state index contributed by atoms with van der Waals surface area (Å²) in [5.74, 6) is -0.488. The van der Waals surface area contributed by atoms with Crippen LogP contribution in [0.3, 0.4) is 0 Å². The molecule has 3 heterocycles. The molecular formula is C23H24N4O6S3. The van der Waals surface area contributed by atoms with Crippen molar-refractivity contribution in [1.29, 1.82) is 0 Å². The van der Waals surface area contributed by atoms with Gasteiger partial charge in [-0.15, -0.1) is 15.7 Å². The summed E-state index contributed by atoms with van der Waals surface area (Å²) in [5, 5.41) is 16.2. The normalized spacial score (nSPS) is 28.4. The maximum atomic E-state index is 13.8. The third-order valence-electron chi connectivity index (χ3n) is 7.45. The Hall–Kier alpha value is -2.90. The lowest BCUT2D eigenvalue weighted by Gasteiger charge is -2.44. The molecule has 3 N–H and O–H groups in total. The van der Waals surface area contributed by atoms with Crippen LogP contribution in [0.4, 0.5) is 11.4 Å². The molecule has 2 unspecified atom stereocenters. The number of nitrogens with one attached hydrogen (secondary N) is 2. The highest BCUT2D eigenvalue weighted by Gasteiger charge is 2.57. The molecule has 36 heavy (non-hydrogen) atoms. The second-order valence-electron chi connectivity index (χ2n) is 9.75. The fraction of sp³-hybridized carbons (Fsp3) is 0.391. The first-order valence-electron chi connectivity index (χ1n) is 11.5. The summed E-state index contributed by atoms with van der Waals surface area (Å²) in [6.45, 7) is 0.384. The lowest BCUT2D eigenvalue weighted by atomic mass is 9.78. The fourth-order valence-corrected chi connectivity index (χ4v) is 8.57. The van der Waals surface area contributed by atoms with Crippen molar-refractivity contribution in [3.63, 3.8) is 0 Å². The SMILES string of the molecule is CS(=O)(=O)Nc1ccc2c(c1)S(=O)(=O)N=C(C1=C(O)C3C([C@@H]4CC[C@H]3C4)N(Cc3cccs3)C1=O)N2. The van der Waals surface area contributed by atoms with Gasteiger partial charge in [-0.3, -0.25) is 9.52 Å². The predicted molar refractivity (Wildman–Crippen MR) is 136 cm³/mol. The number of hydrogen-bond donors (Lipinski definition) is 3. The highest BCUT2D eigenvalue weighted by molar-refractivity contribution is 7.92. The number of thiophene rings is 1. The van der Waals surface area contributed by atoms with Crippen molar-refractivity contribution in [3.05, 3.63) is 51.9 Å². The van der Waals surface area contributed by atoms with Gasteiger partial charge in [-0.25, -0.2) is 8.42 Å². The Labute approximate surface area is 212 Å². The van der Waals surface area contributed by atoms with E-state index in [1.807, 2.05) is 17.5 Å². The standard InChI is InChI=1S/C23H24N4O6S3/c1-35(30,31)25-14-6-7-16-17(10-14)36(32,33)26-22(24-16)19-21(28)18-12-4-5-13(9-12)20(18)27(23(19)29)11-15-3-2-8-34-15/h2-3,6-8,10,12-13,18,20,25,28H,4-5,9,11H2,1H3,(H,24,26)/t12-,13+,18?,20?/m0/s1. The lowest BCUT2D eigenvalue weighted by molar-refractivity contribution is -0.134. The van der Waals surface area contributed by atoms with Gasteiger partial charge in [-0.1, -0.05) is 6.07 Å². The van der Waals surface area contributed by atoms with Crippen LogP contribution in [0.25, 0.3) is 0 Å². The molecule has 2 aliphatic heterocycles. The van der Waals surface area contributed by atoms with E-state index in [0.717, 1.165) is 30.4 Å². The number of amidine groups is 1. The number of sulfonamides is 2. The molecule has 2 saturated carbocycles. The van der Waals surface area contributed by atoms with E-state index < -0.39 is 26.0 Å². The van der Waals surface area contributed by atoms with Crippen molar-refractivity contribution in [3.8, 4) is 0 Å². The number of nitrogens with zero attached hydrogens (tertiary/aromatic N) is 2. The minimum Gasteiger partial charge on any atom is -0.511 e. The molecule has 2 bridgehead atoms. The minimum absolute atomic E-state index is 0.0722. The zero-order valence-electron chi connectivity index (χ0n) is 19.2. The van der Waals surface area contributed by atoms with E-state index >= 15 is 0 Å². The summed E-state index contributed by atoms with van der Waals surface area (Å²) in [6, 6.07) is 7.74. The molecule has 2 aliphatic carbocycles. The second-order valence-corrected chi connectivity index (χ2v) is 14.1. The summed E-state index contributed by atoms with van der Waals surface area (Å²) in [5.41, 5.74) is 0.1000. The molecule has 1 aromatic heterocycles. The first kappa shape index (κ1) is 23.5. The zero-order valence-corrected chi connectivity index (χ0v) is 21.7. The molecule has 2 aromatic rings.